The number of nitrogens with zero attached hydrogens (tertiary/aromatic N) is 2. The molecular weight excluding hydrogens is 356 g/mol. The fraction of sp³-hybridized carbons (Fsp3) is 0.200. The van der Waals surface area contributed by atoms with E-state index in [4.69, 9.17) is 5.73 Å². The van der Waals surface area contributed by atoms with Crippen molar-refractivity contribution in [3.05, 3.63) is 101 Å². The Bertz CT molecular complexity index is 1140. The third-order valence-corrected chi connectivity index (χ3v) is 6.04. The van der Waals surface area contributed by atoms with Crippen molar-refractivity contribution in [1.29, 1.82) is 0 Å². The Hall–Kier alpha value is -3.24. The molecule has 2 aliphatic heterocycles. The van der Waals surface area contributed by atoms with E-state index in [0.29, 0.717) is 11.7 Å². The molecule has 0 bridgehead atoms. The highest BCUT2D eigenvalue weighted by Gasteiger charge is 2.25. The Kier molecular flexibility index (Phi) is 4.29. The molecule has 0 aromatic heterocycles. The monoisotopic (exact) mass is 382 g/mol. The Balaban J connectivity index is 1.54. The summed E-state index contributed by atoms with van der Waals surface area (Å²) in [5, 5.41) is 4.45. The predicted molar refractivity (Wildman–Crippen MR) is 120 cm³/mol. The van der Waals surface area contributed by atoms with Crippen molar-refractivity contribution in [1.82, 2.24) is 15.3 Å². The second-order valence-electron chi connectivity index (χ2n) is 8.11. The molecule has 4 heteroatoms. The van der Waals surface area contributed by atoms with Crippen LogP contribution in [0.3, 0.4) is 0 Å². The summed E-state index contributed by atoms with van der Waals surface area (Å²) in [5.74, 6) is 1.09. The van der Waals surface area contributed by atoms with E-state index in [9.17, 15) is 0 Å². The maximum Gasteiger partial charge on any atom is 0.117 e. The molecule has 5 rings (SSSR count). The van der Waals surface area contributed by atoms with E-state index in [2.05, 4.69) is 78.0 Å². The number of likely N-dealkylation sites (N-methyl/N-ethyl adjacent to an activating group) is 1. The van der Waals surface area contributed by atoms with Gasteiger partial charge >= 0.3 is 0 Å². The molecule has 146 valence electrons. The fourth-order valence-electron chi connectivity index (χ4n) is 4.45. The van der Waals surface area contributed by atoms with Crippen LogP contribution >= 0.6 is 0 Å². The van der Waals surface area contributed by atoms with Gasteiger partial charge in [0.05, 0.1) is 5.70 Å². The normalized spacial score (nSPS) is 19.4. The van der Waals surface area contributed by atoms with Crippen LogP contribution in [0.15, 0.2) is 78.6 Å². The van der Waals surface area contributed by atoms with Crippen LogP contribution in [-0.2, 0) is 6.54 Å². The third-order valence-electron chi connectivity index (χ3n) is 6.04. The molecule has 2 aliphatic rings. The molecule has 0 amide bonds. The minimum absolute atomic E-state index is 0.383. The van der Waals surface area contributed by atoms with Gasteiger partial charge in [-0.3, -0.25) is 10.4 Å². The van der Waals surface area contributed by atoms with Gasteiger partial charge in [-0.15, -0.1) is 0 Å². The van der Waals surface area contributed by atoms with Gasteiger partial charge in [-0.25, -0.2) is 0 Å². The molecule has 0 radical (unpaired) electrons. The summed E-state index contributed by atoms with van der Waals surface area (Å²) in [6, 6.07) is 22.3. The van der Waals surface area contributed by atoms with Crippen LogP contribution in [0.1, 0.15) is 28.2 Å². The number of fused-ring (bicyclic) bond motifs is 2. The first kappa shape index (κ1) is 17.8. The van der Waals surface area contributed by atoms with Gasteiger partial charge in [0.2, 0.25) is 0 Å². The summed E-state index contributed by atoms with van der Waals surface area (Å²) in [6.45, 7) is 2.00. The van der Waals surface area contributed by atoms with E-state index >= 15 is 0 Å². The lowest BCUT2D eigenvalue weighted by molar-refractivity contribution is 0.295. The predicted octanol–water partition coefficient (Wildman–Crippen LogP) is 4.01. The first-order valence-corrected chi connectivity index (χ1v) is 10.1. The van der Waals surface area contributed by atoms with Gasteiger partial charge in [0.1, 0.15) is 5.82 Å². The molecule has 29 heavy (non-hydrogen) atoms. The Morgan fingerprint density at radius 1 is 0.931 bits per heavy atom. The van der Waals surface area contributed by atoms with E-state index in [-0.39, 0.29) is 0 Å². The van der Waals surface area contributed by atoms with Gasteiger partial charge in [0.15, 0.2) is 0 Å². The molecule has 3 N–H and O–H groups in total. The number of nitrogens with two attached hydrogens (primary N) is 1. The first-order valence-electron chi connectivity index (χ1n) is 10.1. The molecule has 2 heterocycles. The average molecular weight is 383 g/mol. The smallest absolute Gasteiger partial charge is 0.117 e. The van der Waals surface area contributed by atoms with Crippen LogP contribution in [0, 0.1) is 0 Å². The summed E-state index contributed by atoms with van der Waals surface area (Å²) in [7, 11) is 4.14. The highest BCUT2D eigenvalue weighted by molar-refractivity contribution is 5.83. The van der Waals surface area contributed by atoms with Crippen molar-refractivity contribution < 1.29 is 0 Å². The van der Waals surface area contributed by atoms with Crippen LogP contribution < -0.4 is 11.2 Å². The van der Waals surface area contributed by atoms with Crippen molar-refractivity contribution in [2.75, 3.05) is 20.6 Å². The standard InChI is InChI=1S/C25H26N4/c1-28-15-21-14-20(24-11-12-25(26)29(2)27-24)9-10-22(21)23(16-28)19-8-7-17-5-3-4-6-18(17)13-19/h3-14,23,27H,15-16,26H2,1-2H3. The van der Waals surface area contributed by atoms with E-state index in [1.807, 2.05) is 24.2 Å². The molecule has 1 atom stereocenters. The first-order chi connectivity index (χ1) is 14.1. The zero-order valence-electron chi connectivity index (χ0n) is 16.9. The Morgan fingerprint density at radius 3 is 2.59 bits per heavy atom. The van der Waals surface area contributed by atoms with Gasteiger partial charge in [-0.1, -0.05) is 54.6 Å². The number of rotatable bonds is 2. The summed E-state index contributed by atoms with van der Waals surface area (Å²) in [4.78, 5) is 2.42. The fourth-order valence-corrected chi connectivity index (χ4v) is 4.45. The zero-order valence-corrected chi connectivity index (χ0v) is 16.9. The zero-order chi connectivity index (χ0) is 20.0. The quantitative estimate of drug-likeness (QED) is 0.703. The largest absolute Gasteiger partial charge is 0.384 e. The summed E-state index contributed by atoms with van der Waals surface area (Å²) in [5.41, 5.74) is 15.8. The maximum atomic E-state index is 5.94. The van der Waals surface area contributed by atoms with Crippen molar-refractivity contribution in [3.8, 4) is 0 Å². The topological polar surface area (TPSA) is 44.5 Å². The lowest BCUT2D eigenvalue weighted by Gasteiger charge is -2.34. The van der Waals surface area contributed by atoms with Gasteiger partial charge in [0.25, 0.3) is 0 Å². The second kappa shape index (κ2) is 6.98. The van der Waals surface area contributed by atoms with Gasteiger partial charge in [-0.2, -0.15) is 0 Å². The van der Waals surface area contributed by atoms with Crippen LogP contribution in [0.5, 0.6) is 0 Å². The molecule has 4 nitrogen and oxygen atoms in total. The molecule has 0 saturated heterocycles. The van der Waals surface area contributed by atoms with Gasteiger partial charge in [-0.05, 0) is 58.3 Å². The number of nitrogens with one attached hydrogen (secondary N) is 1. The number of allylic oxidation sites excluding steroid dienone is 2. The summed E-state index contributed by atoms with van der Waals surface area (Å²) in [6.07, 6.45) is 3.99. The van der Waals surface area contributed by atoms with Crippen molar-refractivity contribution in [3.63, 3.8) is 0 Å². The Labute approximate surface area is 171 Å². The molecule has 1 unspecified atom stereocenters. The van der Waals surface area contributed by atoms with E-state index in [1.165, 1.54) is 33.0 Å². The lowest BCUT2D eigenvalue weighted by atomic mass is 9.83. The molecule has 0 aliphatic carbocycles. The summed E-state index contributed by atoms with van der Waals surface area (Å²) < 4.78 is 0. The highest BCUT2D eigenvalue weighted by Crippen LogP contribution is 2.35. The number of hydrogen-bond acceptors (Lipinski definition) is 4. The van der Waals surface area contributed by atoms with Gasteiger partial charge in [0, 0.05) is 26.1 Å². The molecule has 3 aromatic carbocycles. The molecule has 0 spiro atoms. The molecule has 3 aromatic rings. The summed E-state index contributed by atoms with van der Waals surface area (Å²) >= 11 is 0. The van der Waals surface area contributed by atoms with E-state index in [0.717, 1.165) is 18.8 Å². The Morgan fingerprint density at radius 2 is 1.76 bits per heavy atom. The molecule has 0 saturated carbocycles. The highest BCUT2D eigenvalue weighted by atomic mass is 15.5. The lowest BCUT2D eigenvalue weighted by Crippen LogP contribution is -2.37. The van der Waals surface area contributed by atoms with Gasteiger partial charge < -0.3 is 10.6 Å². The maximum absolute atomic E-state index is 5.94. The minimum Gasteiger partial charge on any atom is -0.384 e. The van der Waals surface area contributed by atoms with Crippen molar-refractivity contribution in [2.24, 2.45) is 5.73 Å². The SMILES string of the molecule is CN1Cc2cc(C3=CC=C(N)N(C)N3)ccc2C(c2ccc3ccccc3c2)C1. The third kappa shape index (κ3) is 3.26. The van der Waals surface area contributed by atoms with E-state index < -0.39 is 0 Å². The molecular formula is C25H26N4. The average Bonchev–Trinajstić information content (AvgIpc) is 2.74. The number of hydrazine groups is 1. The van der Waals surface area contributed by atoms with Crippen LogP contribution in [0.2, 0.25) is 0 Å². The van der Waals surface area contributed by atoms with Crippen molar-refractivity contribution >= 4 is 16.5 Å². The molecule has 0 fully saturated rings. The van der Waals surface area contributed by atoms with Crippen molar-refractivity contribution in [2.45, 2.75) is 12.5 Å². The van der Waals surface area contributed by atoms with E-state index in [1.54, 1.807) is 0 Å². The second-order valence-corrected chi connectivity index (χ2v) is 8.11. The van der Waals surface area contributed by atoms with Crippen LogP contribution in [0.4, 0.5) is 0 Å². The number of hydrogen-bond donors (Lipinski definition) is 2. The minimum atomic E-state index is 0.383. The van der Waals surface area contributed by atoms with Crippen LogP contribution in [-0.4, -0.2) is 30.5 Å². The number of benzene rings is 3. The van der Waals surface area contributed by atoms with Crippen LogP contribution in [0.25, 0.3) is 16.5 Å².